The van der Waals surface area contributed by atoms with E-state index < -0.39 is 10.0 Å². The minimum atomic E-state index is -3.57. The summed E-state index contributed by atoms with van der Waals surface area (Å²) < 4.78 is 32.1. The zero-order valence-corrected chi connectivity index (χ0v) is 14.3. The number of likely N-dealkylation sites (N-methyl/N-ethyl adjacent to an activating group) is 1. The molecule has 0 amide bonds. The Hall–Kier alpha value is -0.890. The van der Waals surface area contributed by atoms with Crippen molar-refractivity contribution in [3.05, 3.63) is 17.9 Å². The molecule has 0 saturated carbocycles. The maximum absolute atomic E-state index is 12.1. The van der Waals surface area contributed by atoms with Crippen LogP contribution in [0, 0.1) is 0 Å². The Labute approximate surface area is 127 Å². The lowest BCUT2D eigenvalue weighted by Crippen LogP contribution is -2.36. The summed E-state index contributed by atoms with van der Waals surface area (Å²) in [4.78, 5) is 2.07. The predicted octanol–water partition coefficient (Wildman–Crippen LogP) is 1.40. The average molecular weight is 317 g/mol. The van der Waals surface area contributed by atoms with Gasteiger partial charge in [0, 0.05) is 25.2 Å². The fourth-order valence-electron chi connectivity index (χ4n) is 1.59. The highest BCUT2D eigenvalue weighted by molar-refractivity contribution is 7.89. The predicted molar refractivity (Wildman–Crippen MR) is 83.6 cm³/mol. The Kier molecular flexibility index (Phi) is 6.86. The fourth-order valence-corrected chi connectivity index (χ4v) is 2.55. The average Bonchev–Trinajstić information content (AvgIpc) is 2.85. The zero-order chi connectivity index (χ0) is 16.0. The van der Waals surface area contributed by atoms with E-state index in [0.29, 0.717) is 37.5 Å². The van der Waals surface area contributed by atoms with Crippen LogP contribution in [0.25, 0.3) is 0 Å². The Morgan fingerprint density at radius 2 is 1.90 bits per heavy atom. The molecular formula is C14H27N3O3S. The van der Waals surface area contributed by atoms with Crippen molar-refractivity contribution in [2.75, 3.05) is 20.1 Å². The van der Waals surface area contributed by atoms with Crippen LogP contribution in [0.4, 0.5) is 0 Å². The van der Waals surface area contributed by atoms with Gasteiger partial charge in [-0.3, -0.25) is 0 Å². The molecule has 0 atom stereocenters. The van der Waals surface area contributed by atoms with E-state index in [-0.39, 0.29) is 5.09 Å². The summed E-state index contributed by atoms with van der Waals surface area (Å²) >= 11 is 0. The van der Waals surface area contributed by atoms with Gasteiger partial charge in [-0.15, -0.1) is 0 Å². The molecule has 122 valence electrons. The maximum Gasteiger partial charge on any atom is 0.274 e. The number of rotatable bonds is 9. The van der Waals surface area contributed by atoms with Gasteiger partial charge in [0.15, 0.2) is 0 Å². The third kappa shape index (κ3) is 6.17. The Morgan fingerprint density at radius 3 is 2.48 bits per heavy atom. The van der Waals surface area contributed by atoms with Crippen LogP contribution >= 0.6 is 0 Å². The first-order chi connectivity index (χ1) is 9.72. The van der Waals surface area contributed by atoms with Gasteiger partial charge in [-0.1, -0.05) is 13.8 Å². The molecule has 0 spiro atoms. The molecule has 1 aromatic rings. The highest BCUT2D eigenvalue weighted by atomic mass is 32.2. The van der Waals surface area contributed by atoms with Gasteiger partial charge >= 0.3 is 0 Å². The molecule has 21 heavy (non-hydrogen) atoms. The standard InChI is InChI=1S/C14H27N3O3S/c1-11(2)15-10-13-6-7-14(20-13)21(18,19)16-8-9-17(5)12(3)4/h6-7,11-12,15-16H,8-10H2,1-5H3. The lowest BCUT2D eigenvalue weighted by Gasteiger charge is -2.20. The number of hydrogen-bond donors (Lipinski definition) is 2. The van der Waals surface area contributed by atoms with Crippen LogP contribution in [0.15, 0.2) is 21.6 Å². The summed E-state index contributed by atoms with van der Waals surface area (Å²) in [6.45, 7) is 9.70. The van der Waals surface area contributed by atoms with E-state index in [1.807, 2.05) is 20.9 Å². The minimum absolute atomic E-state index is 0.0322. The van der Waals surface area contributed by atoms with Crippen LogP contribution < -0.4 is 10.0 Å². The van der Waals surface area contributed by atoms with Crippen molar-refractivity contribution in [2.45, 2.75) is 51.4 Å². The van der Waals surface area contributed by atoms with Crippen LogP contribution in [-0.4, -0.2) is 45.5 Å². The number of furan rings is 1. The second kappa shape index (κ2) is 7.93. The molecule has 0 aliphatic carbocycles. The lowest BCUT2D eigenvalue weighted by atomic mass is 10.3. The van der Waals surface area contributed by atoms with E-state index in [1.54, 1.807) is 6.07 Å². The molecule has 7 heteroatoms. The van der Waals surface area contributed by atoms with E-state index in [9.17, 15) is 8.42 Å². The van der Waals surface area contributed by atoms with E-state index in [0.717, 1.165) is 0 Å². The van der Waals surface area contributed by atoms with E-state index in [4.69, 9.17) is 4.42 Å². The van der Waals surface area contributed by atoms with Gasteiger partial charge in [-0.05, 0) is 33.0 Å². The van der Waals surface area contributed by atoms with E-state index in [2.05, 4.69) is 28.8 Å². The normalized spacial score (nSPS) is 12.8. The van der Waals surface area contributed by atoms with Gasteiger partial charge in [0.2, 0.25) is 5.09 Å². The van der Waals surface area contributed by atoms with Crippen LogP contribution in [0.2, 0.25) is 0 Å². The van der Waals surface area contributed by atoms with Crippen molar-refractivity contribution in [1.29, 1.82) is 0 Å². The zero-order valence-electron chi connectivity index (χ0n) is 13.5. The number of hydrogen-bond acceptors (Lipinski definition) is 5. The van der Waals surface area contributed by atoms with Crippen LogP contribution in [0.5, 0.6) is 0 Å². The monoisotopic (exact) mass is 317 g/mol. The van der Waals surface area contributed by atoms with Crippen LogP contribution in [-0.2, 0) is 16.6 Å². The van der Waals surface area contributed by atoms with Crippen LogP contribution in [0.3, 0.4) is 0 Å². The summed E-state index contributed by atoms with van der Waals surface area (Å²) in [5.41, 5.74) is 0. The molecule has 0 aromatic carbocycles. The van der Waals surface area contributed by atoms with E-state index >= 15 is 0 Å². The first-order valence-electron chi connectivity index (χ1n) is 7.24. The molecule has 0 radical (unpaired) electrons. The first kappa shape index (κ1) is 18.2. The minimum Gasteiger partial charge on any atom is -0.447 e. The summed E-state index contributed by atoms with van der Waals surface area (Å²) in [6, 6.07) is 3.88. The number of nitrogens with zero attached hydrogens (tertiary/aromatic N) is 1. The van der Waals surface area contributed by atoms with Crippen molar-refractivity contribution < 1.29 is 12.8 Å². The van der Waals surface area contributed by atoms with E-state index in [1.165, 1.54) is 6.07 Å². The smallest absolute Gasteiger partial charge is 0.274 e. The van der Waals surface area contributed by atoms with Crippen LogP contribution in [0.1, 0.15) is 33.5 Å². The Bertz CT molecular complexity index is 523. The second-order valence-electron chi connectivity index (χ2n) is 5.73. The van der Waals surface area contributed by atoms with Gasteiger partial charge in [0.05, 0.1) is 6.54 Å². The molecular weight excluding hydrogens is 290 g/mol. The van der Waals surface area contributed by atoms with Gasteiger partial charge in [-0.2, -0.15) is 0 Å². The Balaban J connectivity index is 2.54. The number of sulfonamides is 1. The topological polar surface area (TPSA) is 74.6 Å². The van der Waals surface area contributed by atoms with Gasteiger partial charge in [-0.25, -0.2) is 13.1 Å². The molecule has 1 aromatic heterocycles. The molecule has 2 N–H and O–H groups in total. The molecule has 0 saturated heterocycles. The molecule has 0 aliphatic rings. The fraction of sp³-hybridized carbons (Fsp3) is 0.714. The van der Waals surface area contributed by atoms with Gasteiger partial charge in [0.1, 0.15) is 5.76 Å². The molecule has 1 heterocycles. The highest BCUT2D eigenvalue weighted by Gasteiger charge is 2.18. The molecule has 0 unspecified atom stereocenters. The van der Waals surface area contributed by atoms with Gasteiger partial charge < -0.3 is 14.6 Å². The first-order valence-corrected chi connectivity index (χ1v) is 8.72. The van der Waals surface area contributed by atoms with Crippen molar-refractivity contribution >= 4 is 10.0 Å². The maximum atomic E-state index is 12.1. The van der Waals surface area contributed by atoms with Crippen molar-refractivity contribution in [2.24, 2.45) is 0 Å². The molecule has 6 nitrogen and oxygen atoms in total. The lowest BCUT2D eigenvalue weighted by molar-refractivity contribution is 0.278. The van der Waals surface area contributed by atoms with Gasteiger partial charge in [0.25, 0.3) is 10.0 Å². The second-order valence-corrected chi connectivity index (χ2v) is 7.43. The summed E-state index contributed by atoms with van der Waals surface area (Å²) in [5, 5.41) is 3.15. The van der Waals surface area contributed by atoms with Crippen molar-refractivity contribution in [3.8, 4) is 0 Å². The molecule has 0 fully saturated rings. The largest absolute Gasteiger partial charge is 0.447 e. The number of nitrogens with one attached hydrogen (secondary N) is 2. The van der Waals surface area contributed by atoms with Crippen molar-refractivity contribution in [1.82, 2.24) is 14.9 Å². The SMILES string of the molecule is CC(C)NCc1ccc(S(=O)(=O)NCCN(C)C(C)C)o1. The quantitative estimate of drug-likeness (QED) is 0.720. The molecule has 0 bridgehead atoms. The third-order valence-corrected chi connectivity index (χ3v) is 4.56. The summed E-state index contributed by atoms with van der Waals surface area (Å²) in [7, 11) is -1.61. The molecule has 1 rings (SSSR count). The molecule has 0 aliphatic heterocycles. The summed E-state index contributed by atoms with van der Waals surface area (Å²) in [5.74, 6) is 0.614. The highest BCUT2D eigenvalue weighted by Crippen LogP contribution is 2.13. The Morgan fingerprint density at radius 1 is 1.24 bits per heavy atom. The summed E-state index contributed by atoms with van der Waals surface area (Å²) in [6.07, 6.45) is 0. The van der Waals surface area contributed by atoms with Crippen molar-refractivity contribution in [3.63, 3.8) is 0 Å². The third-order valence-electron chi connectivity index (χ3n) is 3.22.